The highest BCUT2D eigenvalue weighted by atomic mass is 35.5. The van der Waals surface area contributed by atoms with Gasteiger partial charge in [0.05, 0.1) is 6.21 Å². The Morgan fingerprint density at radius 3 is 1.79 bits per heavy atom. The minimum Gasteiger partial charge on any atom is -0.446 e. The molecule has 0 spiro atoms. The normalized spacial score (nSPS) is 11.1. The quantitative estimate of drug-likeness (QED) is 0.0593. The van der Waals surface area contributed by atoms with Gasteiger partial charge >= 0.3 is 18.2 Å². The smallest absolute Gasteiger partial charge is 0.336 e. The van der Waals surface area contributed by atoms with Gasteiger partial charge in [-0.05, 0) is 90.0 Å². The molecule has 0 aromatic heterocycles. The van der Waals surface area contributed by atoms with E-state index < -0.39 is 18.2 Å². The van der Waals surface area contributed by atoms with Crippen LogP contribution in [0.3, 0.4) is 0 Å². The first-order valence-electron chi connectivity index (χ1n) is 11.7. The van der Waals surface area contributed by atoms with Crippen molar-refractivity contribution in [2.45, 2.75) is 6.29 Å². The molecule has 9 heteroatoms. The van der Waals surface area contributed by atoms with E-state index in [-0.39, 0.29) is 0 Å². The number of carbonyl (C=O) groups excluding carboxylic acids is 2. The zero-order chi connectivity index (χ0) is 27.5. The van der Waals surface area contributed by atoms with Crippen LogP contribution < -0.4 is 19.6 Å². The number of ether oxygens (including phenoxy) is 3. The maximum atomic E-state index is 12.8. The van der Waals surface area contributed by atoms with Crippen LogP contribution in [0.1, 0.15) is 11.1 Å². The average Bonchev–Trinajstić information content (AvgIpc) is 2.95. The Morgan fingerprint density at radius 1 is 0.692 bits per heavy atom. The summed E-state index contributed by atoms with van der Waals surface area (Å²) in [5, 5.41) is 5.03. The van der Waals surface area contributed by atoms with Crippen LogP contribution in [0.25, 0.3) is 6.08 Å². The third-order valence-electron chi connectivity index (χ3n) is 5.03. The van der Waals surface area contributed by atoms with Crippen LogP contribution >= 0.6 is 23.2 Å². The molecule has 0 aliphatic heterocycles. The molecule has 0 unspecified atom stereocenters. The maximum absolute atomic E-state index is 12.8. The Morgan fingerprint density at radius 2 is 1.23 bits per heavy atom. The predicted octanol–water partition coefficient (Wildman–Crippen LogP) is 6.55. The van der Waals surface area contributed by atoms with Crippen molar-refractivity contribution in [1.29, 1.82) is 0 Å². The lowest BCUT2D eigenvalue weighted by Crippen LogP contribution is -2.40. The van der Waals surface area contributed by atoms with Crippen molar-refractivity contribution in [3.63, 3.8) is 0 Å². The molecule has 0 bridgehead atoms. The minimum absolute atomic E-state index is 0.367. The molecule has 0 saturated heterocycles. The number of hydrogen-bond donors (Lipinski definition) is 1. The van der Waals surface area contributed by atoms with Gasteiger partial charge in [-0.25, -0.2) is 10.2 Å². The number of esters is 1. The first-order valence-corrected chi connectivity index (χ1v) is 12.4. The van der Waals surface area contributed by atoms with Crippen molar-refractivity contribution in [3.05, 3.63) is 130 Å². The fourth-order valence-electron chi connectivity index (χ4n) is 3.13. The first-order chi connectivity index (χ1) is 18.9. The average molecular weight is 561 g/mol. The molecule has 0 radical (unpaired) electrons. The van der Waals surface area contributed by atoms with Gasteiger partial charge in [-0.15, -0.1) is 0 Å². The molecule has 0 aliphatic rings. The summed E-state index contributed by atoms with van der Waals surface area (Å²) >= 11 is 11.9. The van der Waals surface area contributed by atoms with E-state index in [9.17, 15) is 9.59 Å². The molecule has 0 saturated carbocycles. The number of hydrogen-bond acceptors (Lipinski definition) is 6. The van der Waals surface area contributed by atoms with Crippen molar-refractivity contribution in [3.8, 4) is 17.2 Å². The molecule has 196 valence electrons. The van der Waals surface area contributed by atoms with Crippen LogP contribution in [0.15, 0.2) is 114 Å². The number of nitrogens with zero attached hydrogens (tertiary/aromatic N) is 1. The van der Waals surface area contributed by atoms with Crippen LogP contribution in [0.2, 0.25) is 10.0 Å². The summed E-state index contributed by atoms with van der Waals surface area (Å²) in [6.07, 6.45) is 3.11. The summed E-state index contributed by atoms with van der Waals surface area (Å²) in [4.78, 5) is 24.9. The number of halogens is 2. The molecule has 4 rings (SSSR count). The lowest BCUT2D eigenvalue weighted by atomic mass is 10.2. The van der Waals surface area contributed by atoms with Gasteiger partial charge in [0, 0.05) is 16.1 Å². The summed E-state index contributed by atoms with van der Waals surface area (Å²) in [6, 6.07) is 29.0. The summed E-state index contributed by atoms with van der Waals surface area (Å²) in [7, 11) is 0. The molecule has 7 nitrogen and oxygen atoms in total. The Kier molecular flexibility index (Phi) is 9.72. The number of rotatable bonds is 10. The van der Waals surface area contributed by atoms with E-state index in [1.54, 1.807) is 78.9 Å². The topological polar surface area (TPSA) is 86.2 Å². The van der Waals surface area contributed by atoms with E-state index in [4.69, 9.17) is 37.4 Å². The van der Waals surface area contributed by atoms with E-state index >= 15 is 0 Å². The lowest BCUT2D eigenvalue weighted by molar-refractivity contribution is -0.140. The largest absolute Gasteiger partial charge is 0.446 e. The van der Waals surface area contributed by atoms with E-state index in [0.29, 0.717) is 32.9 Å². The van der Waals surface area contributed by atoms with Crippen molar-refractivity contribution in [2.75, 3.05) is 0 Å². The van der Waals surface area contributed by atoms with Crippen molar-refractivity contribution in [2.24, 2.45) is 5.10 Å². The third-order valence-corrected chi connectivity index (χ3v) is 5.53. The maximum Gasteiger partial charge on any atom is 0.336 e. The third kappa shape index (κ3) is 9.03. The van der Waals surface area contributed by atoms with Gasteiger partial charge < -0.3 is 14.2 Å². The highest BCUT2D eigenvalue weighted by Gasteiger charge is 2.22. The molecule has 1 N–H and O–H groups in total. The molecule has 4 aromatic rings. The lowest BCUT2D eigenvalue weighted by Gasteiger charge is -2.19. The van der Waals surface area contributed by atoms with Crippen molar-refractivity contribution >= 4 is 47.4 Å². The second-order valence-electron chi connectivity index (χ2n) is 7.94. The van der Waals surface area contributed by atoms with Crippen molar-refractivity contribution in [1.82, 2.24) is 5.43 Å². The molecule has 4 aromatic carbocycles. The van der Waals surface area contributed by atoms with E-state index in [0.717, 1.165) is 5.56 Å². The van der Waals surface area contributed by atoms with Gasteiger partial charge in [-0.3, -0.25) is 4.79 Å². The monoisotopic (exact) mass is 560 g/mol. The van der Waals surface area contributed by atoms with Gasteiger partial charge in [0.1, 0.15) is 17.2 Å². The highest BCUT2D eigenvalue weighted by Crippen LogP contribution is 2.21. The summed E-state index contributed by atoms with van der Waals surface area (Å²) in [6.45, 7) is 0. The first kappa shape index (κ1) is 27.4. The molecule has 0 aliphatic carbocycles. The highest BCUT2D eigenvalue weighted by molar-refractivity contribution is 6.30. The van der Waals surface area contributed by atoms with Gasteiger partial charge in [-0.1, -0.05) is 53.5 Å². The Labute approximate surface area is 235 Å². The van der Waals surface area contributed by atoms with E-state index in [2.05, 4.69) is 10.5 Å². The molecule has 0 atom stereocenters. The summed E-state index contributed by atoms with van der Waals surface area (Å²) in [5.41, 5.74) is 3.95. The van der Waals surface area contributed by atoms with Crippen molar-refractivity contribution < 1.29 is 23.8 Å². The molecule has 0 heterocycles. The second kappa shape index (κ2) is 13.8. The van der Waals surface area contributed by atoms with Crippen LogP contribution in [0, 0.1) is 0 Å². The van der Waals surface area contributed by atoms with E-state index in [1.165, 1.54) is 12.3 Å². The fourth-order valence-corrected chi connectivity index (χ4v) is 3.38. The zero-order valence-electron chi connectivity index (χ0n) is 20.4. The molecular weight excluding hydrogens is 539 g/mol. The van der Waals surface area contributed by atoms with Crippen LogP contribution in [-0.2, 0) is 9.59 Å². The predicted molar refractivity (Wildman–Crippen MR) is 151 cm³/mol. The minimum atomic E-state index is -1.35. The number of hydrazone groups is 1. The van der Waals surface area contributed by atoms with Gasteiger partial charge in [-0.2, -0.15) is 5.10 Å². The zero-order valence-corrected chi connectivity index (χ0v) is 21.9. The Bertz CT molecular complexity index is 1390. The molecule has 0 fully saturated rings. The fraction of sp³-hybridized carbons (Fsp3) is 0.0333. The van der Waals surface area contributed by atoms with Crippen LogP contribution in [0.5, 0.6) is 17.2 Å². The Hall–Kier alpha value is -4.59. The number of nitrogens with one attached hydrogen (secondary N) is 1. The SMILES string of the molecule is O=C(C=Cc1ccccc1)Oc1ccc(C=NNC(=O)C(Oc2ccc(Cl)cc2)Oc2ccc(Cl)cc2)cc1. The van der Waals surface area contributed by atoms with Gasteiger partial charge in [0.15, 0.2) is 0 Å². The molecule has 1 amide bonds. The molecule has 39 heavy (non-hydrogen) atoms. The summed E-state index contributed by atoms with van der Waals surface area (Å²) < 4.78 is 16.7. The number of carbonyl (C=O) groups is 2. The number of amides is 1. The van der Waals surface area contributed by atoms with E-state index in [1.807, 2.05) is 30.3 Å². The van der Waals surface area contributed by atoms with Crippen LogP contribution in [0.4, 0.5) is 0 Å². The standard InChI is InChI=1S/C30H22Cl2N2O5/c31-23-9-15-26(16-10-23)38-30(39-27-17-11-24(32)12-18-27)29(36)34-33-20-22-6-13-25(14-7-22)37-28(35)19-8-21-4-2-1-3-5-21/h1-20,30H,(H,34,36). The Balaban J connectivity index is 1.34. The van der Waals surface area contributed by atoms with Gasteiger partial charge in [0.25, 0.3) is 0 Å². The van der Waals surface area contributed by atoms with Crippen LogP contribution in [-0.4, -0.2) is 24.4 Å². The second-order valence-corrected chi connectivity index (χ2v) is 8.82. The number of benzene rings is 4. The summed E-state index contributed by atoms with van der Waals surface area (Å²) in [5.74, 6) is -0.0268. The molecular formula is C30H22Cl2N2O5. The van der Waals surface area contributed by atoms with Gasteiger partial charge in [0.2, 0.25) is 0 Å².